The average Bonchev–Trinajstić information content (AvgIpc) is 2.92. The summed E-state index contributed by atoms with van der Waals surface area (Å²) < 4.78 is 31.8. The molecule has 0 aliphatic carbocycles. The Hall–Kier alpha value is -1.34. The van der Waals surface area contributed by atoms with Crippen molar-refractivity contribution in [1.82, 2.24) is 4.72 Å². The molecule has 0 radical (unpaired) electrons. The Labute approximate surface area is 135 Å². The van der Waals surface area contributed by atoms with Crippen LogP contribution in [0.2, 0.25) is 5.02 Å². The standard InChI is InChI=1S/C15H18ClNO4S/c1-15(18,9-13-6-4-8-21-13)11-17-22(19,20)10-12-5-2-3-7-14(12)16/h2-8,17-18H,9-11H2,1H3/t15-/m0/s1. The molecule has 0 bridgehead atoms. The van der Waals surface area contributed by atoms with Crippen LogP contribution in [-0.2, 0) is 22.2 Å². The van der Waals surface area contributed by atoms with Crippen molar-refractivity contribution in [2.24, 2.45) is 0 Å². The fourth-order valence-corrected chi connectivity index (χ4v) is 3.56. The number of hydrogen-bond donors (Lipinski definition) is 2. The van der Waals surface area contributed by atoms with Crippen LogP contribution in [0, 0.1) is 0 Å². The molecule has 0 aliphatic heterocycles. The van der Waals surface area contributed by atoms with Crippen LogP contribution in [0.5, 0.6) is 0 Å². The SMILES string of the molecule is C[C@@](O)(CNS(=O)(=O)Cc1ccccc1Cl)Cc1ccco1. The van der Waals surface area contributed by atoms with Gasteiger partial charge in [0.05, 0.1) is 17.6 Å². The molecule has 120 valence electrons. The zero-order chi connectivity index (χ0) is 16.2. The lowest BCUT2D eigenvalue weighted by molar-refractivity contribution is 0.0603. The molecule has 2 N–H and O–H groups in total. The van der Waals surface area contributed by atoms with E-state index in [1.807, 2.05) is 0 Å². The number of rotatable bonds is 7. The van der Waals surface area contributed by atoms with Crippen LogP contribution in [0.1, 0.15) is 18.2 Å². The molecule has 22 heavy (non-hydrogen) atoms. The van der Waals surface area contributed by atoms with E-state index in [0.717, 1.165) is 0 Å². The van der Waals surface area contributed by atoms with Crippen LogP contribution in [0.15, 0.2) is 47.1 Å². The monoisotopic (exact) mass is 343 g/mol. The zero-order valence-electron chi connectivity index (χ0n) is 12.1. The van der Waals surface area contributed by atoms with Gasteiger partial charge in [-0.05, 0) is 30.7 Å². The van der Waals surface area contributed by atoms with Gasteiger partial charge in [0.25, 0.3) is 0 Å². The first kappa shape index (κ1) is 17.0. The van der Waals surface area contributed by atoms with Crippen LogP contribution in [0.25, 0.3) is 0 Å². The third-order valence-electron chi connectivity index (χ3n) is 3.11. The van der Waals surface area contributed by atoms with Crippen molar-refractivity contribution in [3.05, 3.63) is 59.0 Å². The van der Waals surface area contributed by atoms with E-state index in [1.54, 1.807) is 43.3 Å². The molecule has 1 aromatic carbocycles. The molecule has 0 unspecified atom stereocenters. The maximum atomic E-state index is 12.1. The maximum Gasteiger partial charge on any atom is 0.215 e. The summed E-state index contributed by atoms with van der Waals surface area (Å²) in [6.07, 6.45) is 1.72. The third-order valence-corrected chi connectivity index (χ3v) is 4.76. The Balaban J connectivity index is 1.96. The van der Waals surface area contributed by atoms with Gasteiger partial charge < -0.3 is 9.52 Å². The van der Waals surface area contributed by atoms with Crippen molar-refractivity contribution in [3.8, 4) is 0 Å². The van der Waals surface area contributed by atoms with Crippen molar-refractivity contribution in [2.45, 2.75) is 24.7 Å². The number of hydrogen-bond acceptors (Lipinski definition) is 4. The van der Waals surface area contributed by atoms with Gasteiger partial charge in [0.1, 0.15) is 5.76 Å². The molecular weight excluding hydrogens is 326 g/mol. The molecule has 1 atom stereocenters. The fraction of sp³-hybridized carbons (Fsp3) is 0.333. The van der Waals surface area contributed by atoms with E-state index in [2.05, 4.69) is 4.72 Å². The van der Waals surface area contributed by atoms with Crippen LogP contribution >= 0.6 is 11.6 Å². The minimum absolute atomic E-state index is 0.111. The van der Waals surface area contributed by atoms with E-state index >= 15 is 0 Å². The van der Waals surface area contributed by atoms with Crippen LogP contribution in [0.4, 0.5) is 0 Å². The predicted molar refractivity (Wildman–Crippen MR) is 85.1 cm³/mol. The van der Waals surface area contributed by atoms with Crippen molar-refractivity contribution in [1.29, 1.82) is 0 Å². The molecule has 0 spiro atoms. The number of aliphatic hydroxyl groups is 1. The van der Waals surface area contributed by atoms with E-state index in [0.29, 0.717) is 16.3 Å². The van der Waals surface area contributed by atoms with Gasteiger partial charge in [-0.3, -0.25) is 0 Å². The normalized spacial score (nSPS) is 14.7. The first-order valence-corrected chi connectivity index (χ1v) is 8.76. The largest absolute Gasteiger partial charge is 0.469 e. The van der Waals surface area contributed by atoms with E-state index in [9.17, 15) is 13.5 Å². The Morgan fingerprint density at radius 2 is 2.00 bits per heavy atom. The second-order valence-corrected chi connectivity index (χ2v) is 7.64. The Bertz CT molecular complexity index is 711. The van der Waals surface area contributed by atoms with E-state index in [-0.39, 0.29) is 18.7 Å². The molecule has 7 heteroatoms. The van der Waals surface area contributed by atoms with Crippen LogP contribution in [0.3, 0.4) is 0 Å². The van der Waals surface area contributed by atoms with Crippen molar-refractivity contribution >= 4 is 21.6 Å². The average molecular weight is 344 g/mol. The van der Waals surface area contributed by atoms with Gasteiger partial charge in [-0.1, -0.05) is 29.8 Å². The van der Waals surface area contributed by atoms with Gasteiger partial charge in [-0.2, -0.15) is 0 Å². The maximum absolute atomic E-state index is 12.1. The Morgan fingerprint density at radius 3 is 2.64 bits per heavy atom. The molecule has 0 aliphatic rings. The summed E-state index contributed by atoms with van der Waals surface area (Å²) in [6.45, 7) is 1.44. The fourth-order valence-electron chi connectivity index (χ4n) is 1.99. The van der Waals surface area contributed by atoms with Gasteiger partial charge in [-0.15, -0.1) is 0 Å². The van der Waals surface area contributed by atoms with E-state index in [4.69, 9.17) is 16.0 Å². The topological polar surface area (TPSA) is 79.5 Å². The smallest absolute Gasteiger partial charge is 0.215 e. The Kier molecular flexibility index (Phi) is 5.28. The van der Waals surface area contributed by atoms with Gasteiger partial charge >= 0.3 is 0 Å². The summed E-state index contributed by atoms with van der Waals surface area (Å²) in [5.74, 6) is 0.360. The number of furan rings is 1. The van der Waals surface area contributed by atoms with E-state index in [1.165, 1.54) is 6.26 Å². The number of nitrogens with one attached hydrogen (secondary N) is 1. The molecule has 0 saturated carbocycles. The summed E-state index contributed by atoms with van der Waals surface area (Å²) in [6, 6.07) is 10.2. The number of halogens is 1. The van der Waals surface area contributed by atoms with Gasteiger partial charge in [-0.25, -0.2) is 13.1 Å². The number of benzene rings is 1. The van der Waals surface area contributed by atoms with Gasteiger partial charge in [0.2, 0.25) is 10.0 Å². The second-order valence-electron chi connectivity index (χ2n) is 5.42. The Morgan fingerprint density at radius 1 is 1.27 bits per heavy atom. The highest BCUT2D eigenvalue weighted by Gasteiger charge is 2.25. The lowest BCUT2D eigenvalue weighted by Gasteiger charge is -2.22. The zero-order valence-corrected chi connectivity index (χ0v) is 13.7. The quantitative estimate of drug-likeness (QED) is 0.808. The van der Waals surface area contributed by atoms with Gasteiger partial charge in [0, 0.05) is 18.0 Å². The van der Waals surface area contributed by atoms with Crippen molar-refractivity contribution in [2.75, 3.05) is 6.54 Å². The lowest BCUT2D eigenvalue weighted by Crippen LogP contribution is -2.42. The molecule has 0 saturated heterocycles. The van der Waals surface area contributed by atoms with Gasteiger partial charge in [0.15, 0.2) is 0 Å². The lowest BCUT2D eigenvalue weighted by atomic mass is 10.0. The first-order valence-electron chi connectivity index (χ1n) is 6.73. The summed E-state index contributed by atoms with van der Waals surface area (Å²) in [5.41, 5.74) is -0.729. The highest BCUT2D eigenvalue weighted by atomic mass is 35.5. The first-order chi connectivity index (χ1) is 10.3. The summed E-state index contributed by atoms with van der Waals surface area (Å²) in [7, 11) is -3.59. The minimum Gasteiger partial charge on any atom is -0.469 e. The molecular formula is C15H18ClNO4S. The molecule has 2 rings (SSSR count). The highest BCUT2D eigenvalue weighted by molar-refractivity contribution is 7.88. The minimum atomic E-state index is -3.59. The van der Waals surface area contributed by atoms with E-state index < -0.39 is 15.6 Å². The molecule has 0 fully saturated rings. The summed E-state index contributed by atoms with van der Waals surface area (Å²) in [4.78, 5) is 0. The van der Waals surface area contributed by atoms with Crippen LogP contribution in [-0.4, -0.2) is 25.7 Å². The summed E-state index contributed by atoms with van der Waals surface area (Å²) >= 11 is 5.96. The highest BCUT2D eigenvalue weighted by Crippen LogP contribution is 2.18. The molecule has 0 amide bonds. The van der Waals surface area contributed by atoms with Crippen molar-refractivity contribution in [3.63, 3.8) is 0 Å². The third kappa shape index (κ3) is 5.14. The molecule has 1 aromatic heterocycles. The molecule has 2 aromatic rings. The van der Waals surface area contributed by atoms with Crippen molar-refractivity contribution < 1.29 is 17.9 Å². The second kappa shape index (κ2) is 6.83. The molecule has 5 nitrogen and oxygen atoms in total. The number of sulfonamides is 1. The van der Waals surface area contributed by atoms with Crippen LogP contribution < -0.4 is 4.72 Å². The predicted octanol–water partition coefficient (Wildman–Crippen LogP) is 2.35. The molecule has 1 heterocycles. The summed E-state index contributed by atoms with van der Waals surface area (Å²) in [5, 5.41) is 10.7.